The van der Waals surface area contributed by atoms with Gasteiger partial charge in [-0.05, 0) is 24.6 Å². The molecule has 2 heterocycles. The van der Waals surface area contributed by atoms with Gasteiger partial charge in [0.2, 0.25) is 0 Å². The molecule has 0 amide bonds. The van der Waals surface area contributed by atoms with Gasteiger partial charge in [-0.3, -0.25) is 9.78 Å². The molecule has 0 saturated heterocycles. The van der Waals surface area contributed by atoms with Gasteiger partial charge in [-0.15, -0.1) is 0 Å². The number of pyridine rings is 1. The number of hydrogen-bond donors (Lipinski definition) is 2. The maximum Gasteiger partial charge on any atom is 0.413 e. The average molecular weight is 204 g/mol. The third kappa shape index (κ3) is 2.01. The highest BCUT2D eigenvalue weighted by molar-refractivity contribution is 5.09. The summed E-state index contributed by atoms with van der Waals surface area (Å²) in [5, 5.41) is 0. The number of rotatable bonds is 1. The van der Waals surface area contributed by atoms with Gasteiger partial charge in [0.05, 0.1) is 18.5 Å². The number of hydrogen-bond acceptors (Lipinski definition) is 2. The topological polar surface area (TPSA) is 69.6 Å². The molecule has 0 aliphatic heterocycles. The molecular formula is C10H10N3O2+. The molecule has 76 valence electrons. The van der Waals surface area contributed by atoms with Crippen LogP contribution in [-0.4, -0.2) is 9.97 Å². The summed E-state index contributed by atoms with van der Waals surface area (Å²) in [5.41, 5.74) is 0.186. The lowest BCUT2D eigenvalue weighted by atomic mass is 10.3. The van der Waals surface area contributed by atoms with Crippen LogP contribution in [0.2, 0.25) is 0 Å². The van der Waals surface area contributed by atoms with Crippen LogP contribution in [0.4, 0.5) is 0 Å². The Bertz CT molecular complexity index is 552. The lowest BCUT2D eigenvalue weighted by Crippen LogP contribution is -2.36. The summed E-state index contributed by atoms with van der Waals surface area (Å²) in [6, 6.07) is 5.11. The molecule has 5 nitrogen and oxygen atoms in total. The SMILES string of the molecule is Cc1cc[n+](-c2cc(=O)[nH]c(=O)[nH]2)cc1. The zero-order valence-corrected chi connectivity index (χ0v) is 8.15. The van der Waals surface area contributed by atoms with Crippen molar-refractivity contribution in [2.45, 2.75) is 6.92 Å². The molecule has 0 fully saturated rings. The van der Waals surface area contributed by atoms with Crippen molar-refractivity contribution in [2.24, 2.45) is 0 Å². The van der Waals surface area contributed by atoms with E-state index < -0.39 is 11.2 Å². The second kappa shape index (κ2) is 3.53. The molecule has 0 aromatic carbocycles. The second-order valence-corrected chi connectivity index (χ2v) is 3.26. The minimum atomic E-state index is -0.509. The van der Waals surface area contributed by atoms with E-state index in [0.717, 1.165) is 5.56 Å². The molecule has 0 radical (unpaired) electrons. The average Bonchev–Trinajstić information content (AvgIpc) is 2.17. The molecule has 0 atom stereocenters. The standard InChI is InChI=1S/C10H9N3O2/c1-7-2-4-13(5-3-7)8-6-9(14)12-10(15)11-8/h2-6H,1H3,(H-,11,12,14,15)/p+1. The van der Waals surface area contributed by atoms with Gasteiger partial charge in [0, 0.05) is 0 Å². The summed E-state index contributed by atoms with van der Waals surface area (Å²) in [6.07, 6.45) is 3.56. The van der Waals surface area contributed by atoms with Crippen molar-refractivity contribution >= 4 is 0 Å². The summed E-state index contributed by atoms with van der Waals surface area (Å²) in [7, 11) is 0. The molecule has 2 rings (SSSR count). The Hall–Kier alpha value is -2.17. The molecule has 0 spiro atoms. The van der Waals surface area contributed by atoms with Crippen molar-refractivity contribution in [3.8, 4) is 5.82 Å². The van der Waals surface area contributed by atoms with Gasteiger partial charge in [0.25, 0.3) is 11.4 Å². The zero-order valence-electron chi connectivity index (χ0n) is 8.15. The Morgan fingerprint density at radius 1 is 1.13 bits per heavy atom. The van der Waals surface area contributed by atoms with Gasteiger partial charge in [-0.1, -0.05) is 0 Å². The quantitative estimate of drug-likeness (QED) is 0.623. The first-order valence-corrected chi connectivity index (χ1v) is 4.47. The van der Waals surface area contributed by atoms with Crippen LogP contribution in [0, 0.1) is 6.92 Å². The van der Waals surface area contributed by atoms with Crippen LogP contribution >= 0.6 is 0 Å². The predicted molar refractivity (Wildman–Crippen MR) is 54.0 cm³/mol. The van der Waals surface area contributed by atoms with E-state index in [4.69, 9.17) is 0 Å². The Labute approximate surface area is 85.0 Å². The third-order valence-corrected chi connectivity index (χ3v) is 2.02. The van der Waals surface area contributed by atoms with Crippen molar-refractivity contribution in [1.29, 1.82) is 0 Å². The first-order chi connectivity index (χ1) is 7.15. The Morgan fingerprint density at radius 2 is 1.80 bits per heavy atom. The number of H-pyrrole nitrogens is 2. The van der Waals surface area contributed by atoms with Gasteiger partial charge in [-0.2, -0.15) is 4.98 Å². The number of nitrogens with one attached hydrogen (secondary N) is 2. The molecule has 5 heteroatoms. The third-order valence-electron chi connectivity index (χ3n) is 2.02. The van der Waals surface area contributed by atoms with E-state index in [9.17, 15) is 9.59 Å². The van der Waals surface area contributed by atoms with Gasteiger partial charge >= 0.3 is 5.69 Å². The van der Waals surface area contributed by atoms with E-state index in [1.165, 1.54) is 6.07 Å². The smallest absolute Gasteiger partial charge is 0.269 e. The summed E-state index contributed by atoms with van der Waals surface area (Å²) in [4.78, 5) is 26.7. The highest BCUT2D eigenvalue weighted by Gasteiger charge is 2.05. The monoisotopic (exact) mass is 204 g/mol. The van der Waals surface area contributed by atoms with Crippen molar-refractivity contribution in [3.63, 3.8) is 0 Å². The molecule has 15 heavy (non-hydrogen) atoms. The summed E-state index contributed by atoms with van der Waals surface area (Å²) >= 11 is 0. The molecule has 0 unspecified atom stereocenters. The maximum absolute atomic E-state index is 11.1. The molecular weight excluding hydrogens is 194 g/mol. The second-order valence-electron chi connectivity index (χ2n) is 3.26. The van der Waals surface area contributed by atoms with Crippen molar-refractivity contribution in [2.75, 3.05) is 0 Å². The molecule has 2 aromatic rings. The van der Waals surface area contributed by atoms with Crippen LogP contribution in [-0.2, 0) is 0 Å². The first kappa shape index (κ1) is 9.39. The number of aromatic amines is 2. The highest BCUT2D eigenvalue weighted by atomic mass is 16.2. The number of aryl methyl sites for hydroxylation is 1. The van der Waals surface area contributed by atoms with E-state index in [0.29, 0.717) is 5.82 Å². The highest BCUT2D eigenvalue weighted by Crippen LogP contribution is 1.92. The van der Waals surface area contributed by atoms with Crippen LogP contribution in [0.15, 0.2) is 40.2 Å². The Morgan fingerprint density at radius 3 is 2.40 bits per heavy atom. The number of nitrogens with zero attached hydrogens (tertiary/aromatic N) is 1. The van der Waals surface area contributed by atoms with Crippen molar-refractivity contribution in [1.82, 2.24) is 9.97 Å². The van der Waals surface area contributed by atoms with E-state index in [2.05, 4.69) is 9.97 Å². The summed E-state index contributed by atoms with van der Waals surface area (Å²) in [6.45, 7) is 1.96. The Kier molecular flexibility index (Phi) is 2.21. The van der Waals surface area contributed by atoms with Crippen LogP contribution < -0.4 is 15.8 Å². The van der Waals surface area contributed by atoms with Crippen molar-refractivity contribution in [3.05, 3.63) is 57.0 Å². The fourth-order valence-electron chi connectivity index (χ4n) is 1.26. The fraction of sp³-hybridized carbons (Fsp3) is 0.100. The zero-order chi connectivity index (χ0) is 10.8. The lowest BCUT2D eigenvalue weighted by molar-refractivity contribution is -0.599. The minimum Gasteiger partial charge on any atom is -0.269 e. The van der Waals surface area contributed by atoms with Gasteiger partial charge < -0.3 is 0 Å². The fourth-order valence-corrected chi connectivity index (χ4v) is 1.26. The maximum atomic E-state index is 11.1. The van der Waals surface area contributed by atoms with E-state index in [-0.39, 0.29) is 0 Å². The molecule has 2 N–H and O–H groups in total. The van der Waals surface area contributed by atoms with Gasteiger partial charge in [-0.25, -0.2) is 9.36 Å². The largest absolute Gasteiger partial charge is 0.413 e. The summed E-state index contributed by atoms with van der Waals surface area (Å²) < 4.78 is 1.67. The molecule has 0 aliphatic carbocycles. The lowest BCUT2D eigenvalue weighted by Gasteiger charge is -1.96. The Balaban J connectivity index is 2.59. The molecule has 0 saturated carbocycles. The number of aromatic nitrogens is 3. The summed E-state index contributed by atoms with van der Waals surface area (Å²) in [5.74, 6) is 0.448. The van der Waals surface area contributed by atoms with Crippen LogP contribution in [0.25, 0.3) is 5.82 Å². The molecule has 0 bridgehead atoms. The minimum absolute atomic E-state index is 0.415. The van der Waals surface area contributed by atoms with Crippen LogP contribution in [0.5, 0.6) is 0 Å². The van der Waals surface area contributed by atoms with Crippen LogP contribution in [0.3, 0.4) is 0 Å². The molecule has 2 aromatic heterocycles. The van der Waals surface area contributed by atoms with E-state index in [1.807, 2.05) is 19.1 Å². The predicted octanol–water partition coefficient (Wildman–Crippen LogP) is -0.352. The normalized spacial score (nSPS) is 10.2. The van der Waals surface area contributed by atoms with Gasteiger partial charge in [0.15, 0.2) is 0 Å². The first-order valence-electron chi connectivity index (χ1n) is 4.47. The van der Waals surface area contributed by atoms with Gasteiger partial charge in [0.1, 0.15) is 0 Å². The van der Waals surface area contributed by atoms with E-state index in [1.54, 1.807) is 17.0 Å². The van der Waals surface area contributed by atoms with Crippen molar-refractivity contribution < 1.29 is 4.57 Å². The molecule has 0 aliphatic rings. The van der Waals surface area contributed by atoms with E-state index >= 15 is 0 Å². The van der Waals surface area contributed by atoms with Crippen LogP contribution in [0.1, 0.15) is 5.56 Å².